The standard InChI is InChI=1S/C14H10ClN3O3/c15-11-5-3-4-10(8-11)9-16-17-14(19)12-6-1-2-7-13(12)18(20)21/h1-9H,(H,17,19)/b16-9-. The molecule has 0 unspecified atom stereocenters. The Bertz CT molecular complexity index is 716. The average molecular weight is 304 g/mol. The van der Waals surface area contributed by atoms with E-state index in [9.17, 15) is 14.9 Å². The number of hydrogen-bond acceptors (Lipinski definition) is 4. The highest BCUT2D eigenvalue weighted by atomic mass is 35.5. The third-order valence-corrected chi connectivity index (χ3v) is 2.81. The van der Waals surface area contributed by atoms with Gasteiger partial charge in [-0.2, -0.15) is 5.10 Å². The topological polar surface area (TPSA) is 84.6 Å². The van der Waals surface area contributed by atoms with Crippen LogP contribution in [0.2, 0.25) is 5.02 Å². The summed E-state index contributed by atoms with van der Waals surface area (Å²) in [6, 6.07) is 12.5. The first-order chi connectivity index (χ1) is 10.1. The fraction of sp³-hybridized carbons (Fsp3) is 0. The Morgan fingerprint density at radius 1 is 1.24 bits per heavy atom. The van der Waals surface area contributed by atoms with E-state index >= 15 is 0 Å². The van der Waals surface area contributed by atoms with Crippen LogP contribution in [0.5, 0.6) is 0 Å². The van der Waals surface area contributed by atoms with Gasteiger partial charge in [-0.15, -0.1) is 0 Å². The predicted molar refractivity (Wildman–Crippen MR) is 79.6 cm³/mol. The van der Waals surface area contributed by atoms with Crippen molar-refractivity contribution in [1.29, 1.82) is 0 Å². The molecule has 6 nitrogen and oxygen atoms in total. The third kappa shape index (κ3) is 3.87. The van der Waals surface area contributed by atoms with E-state index in [-0.39, 0.29) is 11.3 Å². The van der Waals surface area contributed by atoms with Gasteiger partial charge in [-0.3, -0.25) is 14.9 Å². The molecule has 0 saturated carbocycles. The Hall–Kier alpha value is -2.73. The fourth-order valence-corrected chi connectivity index (χ4v) is 1.84. The van der Waals surface area contributed by atoms with Crippen molar-refractivity contribution in [3.8, 4) is 0 Å². The molecular weight excluding hydrogens is 294 g/mol. The SMILES string of the molecule is O=C(N/N=C\c1cccc(Cl)c1)c1ccccc1[N+](=O)[O-]. The summed E-state index contributed by atoms with van der Waals surface area (Å²) in [5.74, 6) is -0.652. The number of amides is 1. The molecule has 0 aliphatic carbocycles. The van der Waals surface area contributed by atoms with Crippen molar-refractivity contribution < 1.29 is 9.72 Å². The van der Waals surface area contributed by atoms with Gasteiger partial charge >= 0.3 is 0 Å². The molecule has 1 N–H and O–H groups in total. The first kappa shape index (κ1) is 14.7. The van der Waals surface area contributed by atoms with E-state index in [2.05, 4.69) is 10.5 Å². The molecule has 21 heavy (non-hydrogen) atoms. The Kier molecular flexibility index (Phi) is 4.63. The van der Waals surface area contributed by atoms with Crippen molar-refractivity contribution in [2.24, 2.45) is 5.10 Å². The van der Waals surface area contributed by atoms with E-state index < -0.39 is 10.8 Å². The van der Waals surface area contributed by atoms with Crippen LogP contribution in [0.25, 0.3) is 0 Å². The second kappa shape index (κ2) is 6.62. The number of halogens is 1. The highest BCUT2D eigenvalue weighted by molar-refractivity contribution is 6.30. The summed E-state index contributed by atoms with van der Waals surface area (Å²) in [5.41, 5.74) is 2.62. The summed E-state index contributed by atoms with van der Waals surface area (Å²) in [6.45, 7) is 0. The first-order valence-electron chi connectivity index (χ1n) is 5.90. The lowest BCUT2D eigenvalue weighted by Crippen LogP contribution is -2.18. The first-order valence-corrected chi connectivity index (χ1v) is 6.28. The number of para-hydroxylation sites is 1. The van der Waals surface area contributed by atoms with Gasteiger partial charge in [0.1, 0.15) is 5.56 Å². The van der Waals surface area contributed by atoms with Gasteiger partial charge in [-0.1, -0.05) is 35.9 Å². The predicted octanol–water partition coefficient (Wildman–Crippen LogP) is 3.01. The minimum Gasteiger partial charge on any atom is -0.267 e. The van der Waals surface area contributed by atoms with E-state index in [1.54, 1.807) is 30.3 Å². The molecule has 0 fully saturated rings. The molecule has 0 atom stereocenters. The minimum atomic E-state index is -0.652. The summed E-state index contributed by atoms with van der Waals surface area (Å²) >= 11 is 5.81. The van der Waals surface area contributed by atoms with Crippen LogP contribution in [0.4, 0.5) is 5.69 Å². The number of carbonyl (C=O) groups excluding carboxylic acids is 1. The average Bonchev–Trinajstić information content (AvgIpc) is 2.47. The smallest absolute Gasteiger partial charge is 0.267 e. The molecule has 2 aromatic rings. The summed E-state index contributed by atoms with van der Waals surface area (Å²) in [4.78, 5) is 22.1. The molecule has 2 rings (SSSR count). The van der Waals surface area contributed by atoms with Gasteiger partial charge in [0.2, 0.25) is 0 Å². The lowest BCUT2D eigenvalue weighted by molar-refractivity contribution is -0.385. The van der Waals surface area contributed by atoms with Crippen molar-refractivity contribution in [3.63, 3.8) is 0 Å². The van der Waals surface area contributed by atoms with Crippen LogP contribution >= 0.6 is 11.6 Å². The molecule has 0 aromatic heterocycles. The van der Waals surface area contributed by atoms with Crippen molar-refractivity contribution in [2.45, 2.75) is 0 Å². The summed E-state index contributed by atoms with van der Waals surface area (Å²) < 4.78 is 0. The lowest BCUT2D eigenvalue weighted by Gasteiger charge is -2.01. The summed E-state index contributed by atoms with van der Waals surface area (Å²) in [6.07, 6.45) is 1.40. The third-order valence-electron chi connectivity index (χ3n) is 2.57. The van der Waals surface area contributed by atoms with E-state index in [0.717, 1.165) is 0 Å². The molecule has 0 aliphatic rings. The fourth-order valence-electron chi connectivity index (χ4n) is 1.64. The zero-order valence-corrected chi connectivity index (χ0v) is 11.4. The number of benzene rings is 2. The zero-order chi connectivity index (χ0) is 15.2. The van der Waals surface area contributed by atoms with Crippen LogP contribution in [0.1, 0.15) is 15.9 Å². The number of hydrogen-bond donors (Lipinski definition) is 1. The normalized spacial score (nSPS) is 10.5. The summed E-state index contributed by atoms with van der Waals surface area (Å²) in [7, 11) is 0. The van der Waals surface area contributed by atoms with Gasteiger partial charge in [0.15, 0.2) is 0 Å². The van der Waals surface area contributed by atoms with Gasteiger partial charge in [0.25, 0.3) is 11.6 Å². The number of nitrogens with zero attached hydrogens (tertiary/aromatic N) is 2. The Morgan fingerprint density at radius 3 is 2.71 bits per heavy atom. The highest BCUT2D eigenvalue weighted by Gasteiger charge is 2.18. The van der Waals surface area contributed by atoms with Crippen LogP contribution in [0.3, 0.4) is 0 Å². The quantitative estimate of drug-likeness (QED) is 0.535. The number of nitrogens with one attached hydrogen (secondary N) is 1. The summed E-state index contributed by atoms with van der Waals surface area (Å²) in [5, 5.41) is 15.1. The second-order valence-electron chi connectivity index (χ2n) is 4.03. The number of hydrazone groups is 1. The van der Waals surface area contributed by atoms with Crippen molar-refractivity contribution >= 4 is 29.4 Å². The molecule has 106 valence electrons. The Balaban J connectivity index is 2.11. The maximum Gasteiger partial charge on any atom is 0.282 e. The van der Waals surface area contributed by atoms with E-state index in [0.29, 0.717) is 10.6 Å². The van der Waals surface area contributed by atoms with Crippen LogP contribution < -0.4 is 5.43 Å². The number of carbonyl (C=O) groups is 1. The zero-order valence-electron chi connectivity index (χ0n) is 10.7. The highest BCUT2D eigenvalue weighted by Crippen LogP contribution is 2.17. The number of nitro groups is 1. The van der Waals surface area contributed by atoms with Crippen LogP contribution in [-0.2, 0) is 0 Å². The molecular formula is C14H10ClN3O3. The Labute approximate surface area is 125 Å². The van der Waals surface area contributed by atoms with Crippen LogP contribution in [0.15, 0.2) is 53.6 Å². The molecule has 0 spiro atoms. The Morgan fingerprint density at radius 2 is 2.00 bits per heavy atom. The van der Waals surface area contributed by atoms with Gasteiger partial charge in [0, 0.05) is 11.1 Å². The molecule has 1 amide bonds. The molecule has 0 heterocycles. The monoisotopic (exact) mass is 303 g/mol. The van der Waals surface area contributed by atoms with E-state index in [4.69, 9.17) is 11.6 Å². The molecule has 7 heteroatoms. The van der Waals surface area contributed by atoms with Gasteiger partial charge in [-0.05, 0) is 23.8 Å². The van der Waals surface area contributed by atoms with Crippen molar-refractivity contribution in [2.75, 3.05) is 0 Å². The molecule has 0 aliphatic heterocycles. The van der Waals surface area contributed by atoms with Crippen LogP contribution in [-0.4, -0.2) is 17.0 Å². The number of nitro benzene ring substituents is 1. The van der Waals surface area contributed by atoms with Crippen LogP contribution in [0, 0.1) is 10.1 Å². The van der Waals surface area contributed by atoms with Gasteiger partial charge in [-0.25, -0.2) is 5.43 Å². The van der Waals surface area contributed by atoms with Gasteiger partial charge in [0.05, 0.1) is 11.1 Å². The van der Waals surface area contributed by atoms with Gasteiger partial charge < -0.3 is 0 Å². The molecule has 0 radical (unpaired) electrons. The largest absolute Gasteiger partial charge is 0.282 e. The van der Waals surface area contributed by atoms with E-state index in [1.807, 2.05) is 0 Å². The van der Waals surface area contributed by atoms with Crippen molar-refractivity contribution in [1.82, 2.24) is 5.43 Å². The maximum atomic E-state index is 11.9. The molecule has 0 bridgehead atoms. The maximum absolute atomic E-state index is 11.9. The number of rotatable bonds is 4. The molecule has 2 aromatic carbocycles. The lowest BCUT2D eigenvalue weighted by atomic mass is 10.2. The van der Waals surface area contributed by atoms with Crippen molar-refractivity contribution in [3.05, 3.63) is 74.8 Å². The minimum absolute atomic E-state index is 0.0502. The molecule has 0 saturated heterocycles. The van der Waals surface area contributed by atoms with E-state index in [1.165, 1.54) is 24.4 Å². The second-order valence-corrected chi connectivity index (χ2v) is 4.46.